The van der Waals surface area contributed by atoms with Gasteiger partial charge in [-0.2, -0.15) is 0 Å². The van der Waals surface area contributed by atoms with Crippen LogP contribution in [0.3, 0.4) is 0 Å². The molecule has 0 fully saturated rings. The lowest BCUT2D eigenvalue weighted by atomic mass is 10.0. The minimum atomic E-state index is -0.317. The highest BCUT2D eigenvalue weighted by molar-refractivity contribution is 5.85. The number of fused-ring (bicyclic) bond motifs is 1. The van der Waals surface area contributed by atoms with Gasteiger partial charge in [0, 0.05) is 18.3 Å². The van der Waals surface area contributed by atoms with E-state index in [0.717, 1.165) is 18.7 Å². The molecular formula is C18H17NO2. The predicted octanol–water partition coefficient (Wildman–Crippen LogP) is 3.76. The smallest absolute Gasteiger partial charge is 0.337 e. The summed E-state index contributed by atoms with van der Waals surface area (Å²) in [6.07, 6.45) is 0.903. The van der Waals surface area contributed by atoms with E-state index >= 15 is 0 Å². The van der Waals surface area contributed by atoms with Crippen molar-refractivity contribution in [3.05, 3.63) is 76.3 Å². The van der Waals surface area contributed by atoms with Crippen molar-refractivity contribution in [1.29, 1.82) is 0 Å². The Morgan fingerprint density at radius 2 is 1.86 bits per heavy atom. The normalized spacial score (nSPS) is 10.7. The number of rotatable bonds is 4. The van der Waals surface area contributed by atoms with Gasteiger partial charge < -0.3 is 9.73 Å². The molecule has 3 aromatic rings. The second kappa shape index (κ2) is 5.83. The van der Waals surface area contributed by atoms with Gasteiger partial charge in [0.2, 0.25) is 0 Å². The quantitative estimate of drug-likeness (QED) is 0.790. The second-order valence-electron chi connectivity index (χ2n) is 5.09. The first-order valence-electron chi connectivity index (χ1n) is 7.05. The predicted molar refractivity (Wildman–Crippen MR) is 85.9 cm³/mol. The van der Waals surface area contributed by atoms with Crippen LogP contribution >= 0.6 is 0 Å². The average Bonchev–Trinajstić information content (AvgIpc) is 2.46. The van der Waals surface area contributed by atoms with Crippen molar-refractivity contribution in [2.45, 2.75) is 13.3 Å². The van der Waals surface area contributed by atoms with Crippen LogP contribution < -0.4 is 10.9 Å². The molecule has 3 heteroatoms. The Kier molecular flexibility index (Phi) is 3.73. The van der Waals surface area contributed by atoms with Crippen LogP contribution in [0.2, 0.25) is 0 Å². The zero-order chi connectivity index (χ0) is 14.7. The fraction of sp³-hybridized carbons (Fsp3) is 0.167. The molecule has 0 radical (unpaired) electrons. The van der Waals surface area contributed by atoms with Gasteiger partial charge in [0.05, 0.1) is 0 Å². The number of anilines is 1. The number of nitrogens with one attached hydrogen (secondary N) is 1. The molecule has 0 bridgehead atoms. The van der Waals surface area contributed by atoms with Gasteiger partial charge in [-0.1, -0.05) is 42.5 Å². The maximum absolute atomic E-state index is 11.3. The molecular weight excluding hydrogens is 262 g/mol. The van der Waals surface area contributed by atoms with Crippen LogP contribution in [0.4, 0.5) is 5.69 Å². The molecule has 0 spiro atoms. The van der Waals surface area contributed by atoms with E-state index < -0.39 is 0 Å². The topological polar surface area (TPSA) is 42.2 Å². The molecule has 0 saturated carbocycles. The van der Waals surface area contributed by atoms with Crippen molar-refractivity contribution in [3.8, 4) is 0 Å². The van der Waals surface area contributed by atoms with E-state index in [1.54, 1.807) is 6.92 Å². The Bertz CT molecular complexity index is 815. The van der Waals surface area contributed by atoms with Crippen molar-refractivity contribution in [2.24, 2.45) is 0 Å². The number of benzene rings is 2. The third-order valence-corrected chi connectivity index (χ3v) is 3.50. The van der Waals surface area contributed by atoms with Crippen molar-refractivity contribution < 1.29 is 4.42 Å². The third kappa shape index (κ3) is 3.14. The van der Waals surface area contributed by atoms with Gasteiger partial charge in [0.25, 0.3) is 0 Å². The van der Waals surface area contributed by atoms with Gasteiger partial charge in [-0.3, -0.25) is 0 Å². The van der Waals surface area contributed by atoms with Crippen LogP contribution in [0.25, 0.3) is 10.8 Å². The van der Waals surface area contributed by atoms with Crippen LogP contribution in [0.15, 0.2) is 63.8 Å². The Labute approximate surface area is 123 Å². The minimum Gasteiger partial charge on any atom is -0.428 e. The molecule has 1 aromatic heterocycles. The molecule has 2 aromatic carbocycles. The Morgan fingerprint density at radius 1 is 1.05 bits per heavy atom. The molecule has 0 amide bonds. The summed E-state index contributed by atoms with van der Waals surface area (Å²) in [5.74, 6) is 0.621. The van der Waals surface area contributed by atoms with Crippen molar-refractivity contribution in [3.63, 3.8) is 0 Å². The number of hydrogen-bond acceptors (Lipinski definition) is 3. The highest BCUT2D eigenvalue weighted by Gasteiger charge is 2.01. The SMILES string of the molecule is Cc1cc(NCCc2cccc3ccccc23)cc(=O)o1. The maximum atomic E-state index is 11.3. The molecule has 0 aliphatic heterocycles. The molecule has 1 heterocycles. The first kappa shape index (κ1) is 13.4. The van der Waals surface area contributed by atoms with Crippen LogP contribution in [0, 0.1) is 6.92 Å². The van der Waals surface area contributed by atoms with Gasteiger partial charge in [0.15, 0.2) is 0 Å². The molecule has 1 N–H and O–H groups in total. The van der Waals surface area contributed by atoms with Crippen LogP contribution in [0.1, 0.15) is 11.3 Å². The summed E-state index contributed by atoms with van der Waals surface area (Å²) in [6, 6.07) is 18.1. The number of aryl methyl sites for hydroxylation is 1. The largest absolute Gasteiger partial charge is 0.428 e. The van der Waals surface area contributed by atoms with Crippen LogP contribution in [-0.2, 0) is 6.42 Å². The third-order valence-electron chi connectivity index (χ3n) is 3.50. The minimum absolute atomic E-state index is 0.317. The molecule has 0 unspecified atom stereocenters. The van der Waals surface area contributed by atoms with Crippen molar-refractivity contribution in [2.75, 3.05) is 11.9 Å². The average molecular weight is 279 g/mol. The van der Waals surface area contributed by atoms with Gasteiger partial charge >= 0.3 is 5.63 Å². The maximum Gasteiger partial charge on any atom is 0.337 e. The summed E-state index contributed by atoms with van der Waals surface area (Å²) in [5, 5.41) is 5.82. The van der Waals surface area contributed by atoms with E-state index in [9.17, 15) is 4.79 Å². The zero-order valence-corrected chi connectivity index (χ0v) is 11.9. The highest BCUT2D eigenvalue weighted by atomic mass is 16.4. The summed E-state index contributed by atoms with van der Waals surface area (Å²) in [7, 11) is 0. The van der Waals surface area contributed by atoms with Gasteiger partial charge in [-0.15, -0.1) is 0 Å². The lowest BCUT2D eigenvalue weighted by Gasteiger charge is -2.09. The lowest BCUT2D eigenvalue weighted by molar-refractivity contribution is 0.481. The van der Waals surface area contributed by atoms with Gasteiger partial charge in [0.1, 0.15) is 5.76 Å². The van der Waals surface area contributed by atoms with Gasteiger partial charge in [-0.05, 0) is 35.7 Å². The van der Waals surface area contributed by atoms with Crippen LogP contribution in [0.5, 0.6) is 0 Å². The van der Waals surface area contributed by atoms with E-state index in [1.807, 2.05) is 6.07 Å². The molecule has 3 nitrogen and oxygen atoms in total. The Hall–Kier alpha value is -2.55. The van der Waals surface area contributed by atoms with E-state index in [2.05, 4.69) is 47.8 Å². The van der Waals surface area contributed by atoms with Gasteiger partial charge in [-0.25, -0.2) is 4.79 Å². The summed E-state index contributed by atoms with van der Waals surface area (Å²) in [4.78, 5) is 11.3. The molecule has 0 aliphatic carbocycles. The monoisotopic (exact) mass is 279 g/mol. The fourth-order valence-corrected chi connectivity index (χ4v) is 2.56. The first-order valence-corrected chi connectivity index (χ1v) is 7.05. The van der Waals surface area contributed by atoms with E-state index in [4.69, 9.17) is 4.42 Å². The standard InChI is InChI=1S/C18H17NO2/c1-13-11-16(12-18(20)21-13)19-10-9-15-7-4-6-14-5-2-3-8-17(14)15/h2-8,11-12,19H,9-10H2,1H3. The summed E-state index contributed by atoms with van der Waals surface area (Å²) >= 11 is 0. The summed E-state index contributed by atoms with van der Waals surface area (Å²) in [6.45, 7) is 2.55. The molecule has 3 rings (SSSR count). The zero-order valence-electron chi connectivity index (χ0n) is 11.9. The molecule has 106 valence electrons. The van der Waals surface area contributed by atoms with Crippen molar-refractivity contribution in [1.82, 2.24) is 0 Å². The number of hydrogen-bond donors (Lipinski definition) is 1. The lowest BCUT2D eigenvalue weighted by Crippen LogP contribution is -2.08. The Morgan fingerprint density at radius 3 is 2.71 bits per heavy atom. The summed E-state index contributed by atoms with van der Waals surface area (Å²) in [5.41, 5.74) is 1.80. The molecule has 0 aliphatic rings. The van der Waals surface area contributed by atoms with E-state index in [1.165, 1.54) is 22.4 Å². The molecule has 21 heavy (non-hydrogen) atoms. The van der Waals surface area contributed by atoms with E-state index in [0.29, 0.717) is 5.76 Å². The highest BCUT2D eigenvalue weighted by Crippen LogP contribution is 2.19. The Balaban J connectivity index is 1.73. The van der Waals surface area contributed by atoms with Crippen molar-refractivity contribution >= 4 is 16.5 Å². The molecule has 0 atom stereocenters. The first-order chi connectivity index (χ1) is 10.2. The van der Waals surface area contributed by atoms with Crippen LogP contribution in [-0.4, -0.2) is 6.54 Å². The molecule has 0 saturated heterocycles. The van der Waals surface area contributed by atoms with E-state index in [-0.39, 0.29) is 5.63 Å². The summed E-state index contributed by atoms with van der Waals surface area (Å²) < 4.78 is 4.94. The second-order valence-corrected chi connectivity index (χ2v) is 5.09. The fourth-order valence-electron chi connectivity index (χ4n) is 2.56.